The average Bonchev–Trinajstić information content (AvgIpc) is 3.48. The summed E-state index contributed by atoms with van der Waals surface area (Å²) in [5, 5.41) is 10.9. The van der Waals surface area contributed by atoms with Crippen LogP contribution in [0.25, 0.3) is 0 Å². The molecular formula is C31H33N5O6S2. The van der Waals surface area contributed by atoms with Gasteiger partial charge < -0.3 is 9.80 Å². The molecule has 3 aromatic rings. The van der Waals surface area contributed by atoms with Crippen molar-refractivity contribution in [2.75, 3.05) is 36.0 Å². The number of thiazole rings is 1. The zero-order valence-electron chi connectivity index (χ0n) is 24.5. The lowest BCUT2D eigenvalue weighted by Crippen LogP contribution is -2.39. The average molecular weight is 636 g/mol. The van der Waals surface area contributed by atoms with Crippen LogP contribution in [0.5, 0.6) is 0 Å². The zero-order valence-corrected chi connectivity index (χ0v) is 26.1. The van der Waals surface area contributed by atoms with E-state index in [1.807, 2.05) is 24.3 Å². The van der Waals surface area contributed by atoms with Gasteiger partial charge >= 0.3 is 4.87 Å². The van der Waals surface area contributed by atoms with Crippen LogP contribution in [-0.4, -0.2) is 63.5 Å². The van der Waals surface area contributed by atoms with Crippen molar-refractivity contribution in [1.29, 1.82) is 0 Å². The lowest BCUT2D eigenvalue weighted by molar-refractivity contribution is -0.384. The summed E-state index contributed by atoms with van der Waals surface area (Å²) in [6, 6.07) is 13.3. The summed E-state index contributed by atoms with van der Waals surface area (Å²) in [4.78, 5) is 70.9. The topological polar surface area (TPSA) is 126 Å². The van der Waals surface area contributed by atoms with Crippen LogP contribution < -0.4 is 14.7 Å². The number of hydrogen-bond donors (Lipinski definition) is 0. The normalized spacial score (nSPS) is 21.3. The van der Waals surface area contributed by atoms with E-state index >= 15 is 0 Å². The summed E-state index contributed by atoms with van der Waals surface area (Å²) in [5.41, 5.74) is 1.95. The fourth-order valence-corrected chi connectivity index (χ4v) is 9.23. The third-order valence-electron chi connectivity index (χ3n) is 8.75. The van der Waals surface area contributed by atoms with Gasteiger partial charge in [0.05, 0.1) is 21.6 Å². The molecule has 1 aromatic heterocycles. The number of nitrogens with zero attached hydrogens (tertiary/aromatic N) is 5. The highest BCUT2D eigenvalue weighted by Crippen LogP contribution is 2.54. The van der Waals surface area contributed by atoms with Gasteiger partial charge in [-0.05, 0) is 62.9 Å². The number of amides is 3. The lowest BCUT2D eigenvalue weighted by atomic mass is 9.83. The lowest BCUT2D eigenvalue weighted by Gasteiger charge is -2.31. The molecule has 0 saturated carbocycles. The number of carbonyl (C=O) groups is 3. The van der Waals surface area contributed by atoms with E-state index in [0.29, 0.717) is 23.0 Å². The van der Waals surface area contributed by atoms with Crippen LogP contribution >= 0.6 is 23.1 Å². The number of rotatable bonds is 8. The number of piperidine rings is 1. The standard InChI is InChI=1S/C31H33N5O6S2/c1-3-32(4-2)20-10-8-19(9-11-20)24-25-26(29(39)35(28(25)38)21-12-14-22(15-13-21)36(41)42)43-30-27(24)44-31(40)34(30)18-23(37)33-16-6-5-7-17-33/h8-15,24-26H,3-7,16-18H2,1-2H3/t24-,25-,26+/m0/s1. The number of benzene rings is 2. The van der Waals surface area contributed by atoms with Crippen LogP contribution in [0.4, 0.5) is 17.1 Å². The molecule has 0 bridgehead atoms. The molecule has 0 spiro atoms. The molecule has 0 aliphatic carbocycles. The van der Waals surface area contributed by atoms with Crippen LogP contribution in [-0.2, 0) is 20.9 Å². The van der Waals surface area contributed by atoms with E-state index in [0.717, 1.165) is 59.8 Å². The van der Waals surface area contributed by atoms with Crippen LogP contribution in [0, 0.1) is 16.0 Å². The van der Waals surface area contributed by atoms with Gasteiger partial charge in [-0.25, -0.2) is 4.90 Å². The summed E-state index contributed by atoms with van der Waals surface area (Å²) in [5.74, 6) is -2.36. The van der Waals surface area contributed by atoms with Crippen molar-refractivity contribution < 1.29 is 19.3 Å². The predicted octanol–water partition coefficient (Wildman–Crippen LogP) is 4.47. The van der Waals surface area contributed by atoms with Crippen molar-refractivity contribution in [2.45, 2.75) is 55.8 Å². The summed E-state index contributed by atoms with van der Waals surface area (Å²) in [6.07, 6.45) is 2.94. The molecule has 13 heteroatoms. The van der Waals surface area contributed by atoms with E-state index < -0.39 is 33.8 Å². The zero-order chi connectivity index (χ0) is 31.1. The minimum absolute atomic E-state index is 0.114. The first-order valence-electron chi connectivity index (χ1n) is 14.9. The molecule has 2 saturated heterocycles. The molecular weight excluding hydrogens is 603 g/mol. The van der Waals surface area contributed by atoms with Crippen molar-refractivity contribution in [2.24, 2.45) is 5.92 Å². The molecule has 3 aliphatic heterocycles. The summed E-state index contributed by atoms with van der Waals surface area (Å²) >= 11 is 2.20. The summed E-state index contributed by atoms with van der Waals surface area (Å²) in [6.45, 7) is 7.03. The highest BCUT2D eigenvalue weighted by Gasteiger charge is 2.57. The minimum atomic E-state index is -0.831. The van der Waals surface area contributed by atoms with Crippen LogP contribution in [0.15, 0.2) is 58.4 Å². The molecule has 3 aliphatic rings. The fourth-order valence-electron chi connectivity index (χ4n) is 6.45. The van der Waals surface area contributed by atoms with E-state index in [9.17, 15) is 29.3 Å². The summed E-state index contributed by atoms with van der Waals surface area (Å²) in [7, 11) is 0. The second kappa shape index (κ2) is 12.2. The number of likely N-dealkylation sites (tertiary alicyclic amines) is 1. The number of anilines is 2. The Morgan fingerprint density at radius 1 is 0.955 bits per heavy atom. The van der Waals surface area contributed by atoms with Crippen LogP contribution in [0.2, 0.25) is 0 Å². The van der Waals surface area contributed by atoms with Gasteiger partial charge in [-0.3, -0.25) is 33.9 Å². The highest BCUT2D eigenvalue weighted by atomic mass is 32.2. The monoisotopic (exact) mass is 635 g/mol. The molecule has 0 N–H and O–H groups in total. The Bertz CT molecular complexity index is 1660. The maximum absolute atomic E-state index is 14.1. The molecule has 11 nitrogen and oxygen atoms in total. The smallest absolute Gasteiger partial charge is 0.308 e. The quantitative estimate of drug-likeness (QED) is 0.202. The first kappa shape index (κ1) is 30.1. The molecule has 2 fully saturated rings. The van der Waals surface area contributed by atoms with Crippen molar-refractivity contribution in [3.63, 3.8) is 0 Å². The number of hydrogen-bond acceptors (Lipinski definition) is 9. The van der Waals surface area contributed by atoms with Crippen molar-refractivity contribution >= 4 is 57.9 Å². The Balaban J connectivity index is 1.42. The third kappa shape index (κ3) is 5.21. The number of nitro benzene ring substituents is 1. The number of thioether (sulfide) groups is 1. The molecule has 3 atom stereocenters. The second-order valence-corrected chi connectivity index (χ2v) is 13.3. The van der Waals surface area contributed by atoms with Gasteiger partial charge in [0.1, 0.15) is 11.8 Å². The third-order valence-corrected chi connectivity index (χ3v) is 11.4. The van der Waals surface area contributed by atoms with Gasteiger partial charge in [-0.15, -0.1) is 0 Å². The Labute approximate surface area is 262 Å². The SMILES string of the molecule is CCN(CC)c1ccc([C@@H]2c3sc(=O)n(CC(=O)N4CCCCC4)c3S[C@H]3C(=O)N(c4ccc([N+](=O)[O-])cc4)C(=O)[C@@H]23)cc1. The van der Waals surface area contributed by atoms with E-state index in [1.54, 1.807) is 4.90 Å². The Kier molecular flexibility index (Phi) is 8.34. The van der Waals surface area contributed by atoms with Gasteiger partial charge in [0.15, 0.2) is 0 Å². The van der Waals surface area contributed by atoms with E-state index in [4.69, 9.17) is 0 Å². The number of aromatic nitrogens is 1. The molecule has 2 aromatic carbocycles. The molecule has 44 heavy (non-hydrogen) atoms. The van der Waals surface area contributed by atoms with Gasteiger partial charge in [0, 0.05) is 54.8 Å². The Morgan fingerprint density at radius 2 is 1.61 bits per heavy atom. The number of carbonyl (C=O) groups excluding carboxylic acids is 3. The second-order valence-electron chi connectivity index (χ2n) is 11.2. The van der Waals surface area contributed by atoms with Crippen molar-refractivity contribution in [3.05, 3.63) is 78.8 Å². The number of fused-ring (bicyclic) bond motifs is 2. The fraction of sp³-hybridized carbons (Fsp3) is 0.419. The van der Waals surface area contributed by atoms with E-state index in [-0.39, 0.29) is 28.7 Å². The molecule has 0 radical (unpaired) electrons. The maximum atomic E-state index is 14.1. The first-order chi connectivity index (χ1) is 21.2. The molecule has 6 rings (SSSR count). The van der Waals surface area contributed by atoms with Gasteiger partial charge in [0.2, 0.25) is 17.7 Å². The number of non-ortho nitro benzene ring substituents is 1. The van der Waals surface area contributed by atoms with Crippen molar-refractivity contribution in [3.8, 4) is 0 Å². The van der Waals surface area contributed by atoms with Gasteiger partial charge in [-0.2, -0.15) is 0 Å². The Morgan fingerprint density at radius 3 is 2.23 bits per heavy atom. The van der Waals surface area contributed by atoms with Crippen molar-refractivity contribution in [1.82, 2.24) is 9.47 Å². The number of nitro groups is 1. The number of imide groups is 1. The molecule has 230 valence electrons. The van der Waals surface area contributed by atoms with Crippen LogP contribution in [0.3, 0.4) is 0 Å². The maximum Gasteiger partial charge on any atom is 0.308 e. The van der Waals surface area contributed by atoms with Gasteiger partial charge in [-0.1, -0.05) is 35.2 Å². The molecule has 4 heterocycles. The summed E-state index contributed by atoms with van der Waals surface area (Å²) < 4.78 is 1.47. The van der Waals surface area contributed by atoms with E-state index in [1.165, 1.54) is 40.6 Å². The molecule has 0 unspecified atom stereocenters. The predicted molar refractivity (Wildman–Crippen MR) is 170 cm³/mol. The Hall–Kier alpha value is -3.97. The first-order valence-corrected chi connectivity index (χ1v) is 16.6. The van der Waals surface area contributed by atoms with E-state index in [2.05, 4.69) is 18.7 Å². The largest absolute Gasteiger partial charge is 0.372 e. The molecule has 3 amide bonds. The van der Waals surface area contributed by atoms with Crippen LogP contribution in [0.1, 0.15) is 49.5 Å². The van der Waals surface area contributed by atoms with Gasteiger partial charge in [0.25, 0.3) is 5.69 Å². The minimum Gasteiger partial charge on any atom is -0.372 e. The highest BCUT2D eigenvalue weighted by molar-refractivity contribution is 8.00.